The third-order valence-corrected chi connectivity index (χ3v) is 6.10. The number of amides is 1. The Balaban J connectivity index is 1.52. The molecule has 0 atom stereocenters. The summed E-state index contributed by atoms with van der Waals surface area (Å²) in [5.41, 5.74) is 4.31. The van der Waals surface area contributed by atoms with Crippen molar-refractivity contribution >= 4 is 22.8 Å². The molecule has 3 aromatic heterocycles. The van der Waals surface area contributed by atoms with E-state index in [1.807, 2.05) is 24.3 Å². The molecule has 0 spiro atoms. The monoisotopic (exact) mass is 429 g/mol. The molecule has 4 heterocycles. The number of hydrogen-bond acceptors (Lipinski definition) is 4. The van der Waals surface area contributed by atoms with Crippen molar-refractivity contribution in [2.45, 2.75) is 12.8 Å². The highest BCUT2D eigenvalue weighted by atomic mass is 19.1. The van der Waals surface area contributed by atoms with Crippen LogP contribution >= 0.6 is 0 Å². The van der Waals surface area contributed by atoms with Crippen molar-refractivity contribution in [2.75, 3.05) is 25.5 Å². The van der Waals surface area contributed by atoms with E-state index in [1.165, 1.54) is 12.1 Å². The minimum Gasteiger partial charge on any atom is -0.339 e. The molecule has 162 valence electrons. The summed E-state index contributed by atoms with van der Waals surface area (Å²) in [5, 5.41) is 3.91. The summed E-state index contributed by atoms with van der Waals surface area (Å²) in [5.74, 6) is 0.265. The van der Waals surface area contributed by atoms with Crippen LogP contribution in [0.15, 0.2) is 60.9 Å². The number of anilines is 1. The maximum atomic E-state index is 13.5. The van der Waals surface area contributed by atoms with Crippen molar-refractivity contribution in [1.29, 1.82) is 0 Å². The lowest BCUT2D eigenvalue weighted by atomic mass is 9.96. The number of benzene rings is 1. The van der Waals surface area contributed by atoms with Gasteiger partial charge in [-0.2, -0.15) is 0 Å². The lowest BCUT2D eigenvalue weighted by Crippen LogP contribution is -2.36. The summed E-state index contributed by atoms with van der Waals surface area (Å²) in [7, 11) is 2.08. The summed E-state index contributed by atoms with van der Waals surface area (Å²) in [6, 6.07) is 14.0. The van der Waals surface area contributed by atoms with E-state index in [9.17, 15) is 9.18 Å². The number of hydrogen-bond donors (Lipinski definition) is 2. The largest absolute Gasteiger partial charge is 0.339 e. The number of nitrogens with zero attached hydrogens (tertiary/aromatic N) is 3. The SMILES string of the molecule is CN1CCC(C(=O)Nc2ccc3c(-c4ccncc4)c(-c4ccc(F)cc4)[nH]c3n2)CC1. The van der Waals surface area contributed by atoms with E-state index >= 15 is 0 Å². The second kappa shape index (κ2) is 8.51. The van der Waals surface area contributed by atoms with Gasteiger partial charge in [0.2, 0.25) is 5.91 Å². The van der Waals surface area contributed by atoms with Crippen LogP contribution in [0.1, 0.15) is 12.8 Å². The van der Waals surface area contributed by atoms with Crippen LogP contribution in [-0.2, 0) is 4.79 Å². The van der Waals surface area contributed by atoms with E-state index in [0.717, 1.165) is 53.7 Å². The van der Waals surface area contributed by atoms with E-state index in [4.69, 9.17) is 0 Å². The highest BCUT2D eigenvalue weighted by Crippen LogP contribution is 2.38. The highest BCUT2D eigenvalue weighted by Gasteiger charge is 2.24. The van der Waals surface area contributed by atoms with Crippen LogP contribution in [-0.4, -0.2) is 45.9 Å². The number of aromatic amines is 1. The van der Waals surface area contributed by atoms with Gasteiger partial charge >= 0.3 is 0 Å². The van der Waals surface area contributed by atoms with Crippen molar-refractivity contribution < 1.29 is 9.18 Å². The molecule has 0 aliphatic carbocycles. The number of H-pyrrole nitrogens is 1. The van der Waals surface area contributed by atoms with Gasteiger partial charge in [-0.3, -0.25) is 9.78 Å². The topological polar surface area (TPSA) is 73.9 Å². The molecule has 0 bridgehead atoms. The van der Waals surface area contributed by atoms with Crippen molar-refractivity contribution in [1.82, 2.24) is 19.9 Å². The molecule has 4 aromatic rings. The average molecular weight is 429 g/mol. The Bertz CT molecular complexity index is 1240. The Morgan fingerprint density at radius 1 is 1.03 bits per heavy atom. The fourth-order valence-electron chi connectivity index (χ4n) is 4.29. The van der Waals surface area contributed by atoms with Gasteiger partial charge < -0.3 is 15.2 Å². The molecular formula is C25H24FN5O. The number of halogens is 1. The van der Waals surface area contributed by atoms with E-state index in [-0.39, 0.29) is 17.6 Å². The van der Waals surface area contributed by atoms with Crippen molar-refractivity contribution in [2.24, 2.45) is 5.92 Å². The Morgan fingerprint density at radius 3 is 2.47 bits per heavy atom. The standard InChI is InChI=1S/C25H24FN5O/c1-31-14-10-18(11-15-31)25(32)29-21-7-6-20-22(16-8-12-27-13-9-16)23(30-24(20)28-21)17-2-4-19(26)5-3-17/h2-9,12-13,18H,10-11,14-15H2,1H3,(H2,28,29,30,32). The van der Waals surface area contributed by atoms with Gasteiger partial charge in [-0.25, -0.2) is 9.37 Å². The van der Waals surface area contributed by atoms with Crippen molar-refractivity contribution in [3.63, 3.8) is 0 Å². The van der Waals surface area contributed by atoms with Crippen LogP contribution in [0.2, 0.25) is 0 Å². The molecule has 2 N–H and O–H groups in total. The molecule has 0 unspecified atom stereocenters. The zero-order valence-corrected chi connectivity index (χ0v) is 17.8. The normalized spacial score (nSPS) is 15.2. The second-order valence-electron chi connectivity index (χ2n) is 8.28. The van der Waals surface area contributed by atoms with E-state index in [0.29, 0.717) is 11.5 Å². The molecule has 1 aromatic carbocycles. The summed E-state index contributed by atoms with van der Waals surface area (Å²) in [4.78, 5) is 27.2. The molecule has 1 aliphatic heterocycles. The predicted molar refractivity (Wildman–Crippen MR) is 124 cm³/mol. The highest BCUT2D eigenvalue weighted by molar-refractivity contribution is 6.03. The fraction of sp³-hybridized carbons (Fsp3) is 0.240. The summed E-state index contributed by atoms with van der Waals surface area (Å²) in [6.45, 7) is 1.86. The van der Waals surface area contributed by atoms with E-state index in [2.05, 4.69) is 32.2 Å². The van der Waals surface area contributed by atoms with Crippen LogP contribution in [0.3, 0.4) is 0 Å². The number of nitrogens with one attached hydrogen (secondary N) is 2. The van der Waals surface area contributed by atoms with Gasteiger partial charge in [-0.05, 0) is 92.6 Å². The summed E-state index contributed by atoms with van der Waals surface area (Å²) >= 11 is 0. The number of fused-ring (bicyclic) bond motifs is 1. The van der Waals surface area contributed by atoms with Gasteiger partial charge in [-0.1, -0.05) is 0 Å². The molecule has 5 rings (SSSR count). The maximum Gasteiger partial charge on any atom is 0.228 e. The van der Waals surface area contributed by atoms with Gasteiger partial charge in [0.15, 0.2) is 0 Å². The second-order valence-corrected chi connectivity index (χ2v) is 8.28. The van der Waals surface area contributed by atoms with E-state index in [1.54, 1.807) is 24.5 Å². The Hall–Kier alpha value is -3.58. The van der Waals surface area contributed by atoms with Gasteiger partial charge in [0.1, 0.15) is 17.3 Å². The van der Waals surface area contributed by atoms with Crippen molar-refractivity contribution in [3.05, 3.63) is 66.7 Å². The molecular weight excluding hydrogens is 405 g/mol. The van der Waals surface area contributed by atoms with Crippen LogP contribution < -0.4 is 5.32 Å². The van der Waals surface area contributed by atoms with Gasteiger partial charge in [0.05, 0.1) is 5.69 Å². The van der Waals surface area contributed by atoms with Crippen LogP contribution in [0.25, 0.3) is 33.4 Å². The number of pyridine rings is 2. The Morgan fingerprint density at radius 2 is 1.75 bits per heavy atom. The number of piperidine rings is 1. The first kappa shape index (κ1) is 20.3. The Kier molecular flexibility index (Phi) is 5.41. The third kappa shape index (κ3) is 3.99. The number of likely N-dealkylation sites (tertiary alicyclic amines) is 1. The van der Waals surface area contributed by atoms with Crippen LogP contribution in [0, 0.1) is 11.7 Å². The Labute approximate surface area is 185 Å². The molecule has 1 saturated heterocycles. The molecule has 1 amide bonds. The number of rotatable bonds is 4. The summed E-state index contributed by atoms with van der Waals surface area (Å²) in [6.07, 6.45) is 5.19. The van der Waals surface area contributed by atoms with Crippen LogP contribution in [0.5, 0.6) is 0 Å². The maximum absolute atomic E-state index is 13.5. The third-order valence-electron chi connectivity index (χ3n) is 6.10. The zero-order chi connectivity index (χ0) is 22.1. The van der Waals surface area contributed by atoms with Crippen molar-refractivity contribution in [3.8, 4) is 22.4 Å². The molecule has 6 nitrogen and oxygen atoms in total. The average Bonchev–Trinajstić information content (AvgIpc) is 3.19. The first-order valence-electron chi connectivity index (χ1n) is 10.8. The first-order chi connectivity index (χ1) is 15.6. The van der Waals surface area contributed by atoms with Gasteiger partial charge in [-0.15, -0.1) is 0 Å². The first-order valence-corrected chi connectivity index (χ1v) is 10.8. The molecule has 0 saturated carbocycles. The minimum absolute atomic E-state index is 0.00879. The molecule has 7 heteroatoms. The zero-order valence-electron chi connectivity index (χ0n) is 17.8. The number of aromatic nitrogens is 3. The number of carbonyl (C=O) groups excluding carboxylic acids is 1. The number of carbonyl (C=O) groups is 1. The van der Waals surface area contributed by atoms with E-state index < -0.39 is 0 Å². The van der Waals surface area contributed by atoms with Gasteiger partial charge in [0, 0.05) is 29.3 Å². The van der Waals surface area contributed by atoms with Gasteiger partial charge in [0.25, 0.3) is 0 Å². The quantitative estimate of drug-likeness (QED) is 0.493. The molecule has 1 fully saturated rings. The van der Waals surface area contributed by atoms with Crippen LogP contribution in [0.4, 0.5) is 10.2 Å². The minimum atomic E-state index is -0.285. The molecule has 1 aliphatic rings. The lowest BCUT2D eigenvalue weighted by Gasteiger charge is -2.27. The fourth-order valence-corrected chi connectivity index (χ4v) is 4.29. The molecule has 0 radical (unpaired) electrons. The summed E-state index contributed by atoms with van der Waals surface area (Å²) < 4.78 is 13.5. The lowest BCUT2D eigenvalue weighted by molar-refractivity contribution is -0.121. The molecule has 32 heavy (non-hydrogen) atoms. The predicted octanol–water partition coefficient (Wildman–Crippen LogP) is 4.71. The smallest absolute Gasteiger partial charge is 0.228 e.